The van der Waals surface area contributed by atoms with Gasteiger partial charge in [0.1, 0.15) is 42.7 Å². The zero-order valence-corrected chi connectivity index (χ0v) is 20.5. The monoisotopic (exact) mass is 539 g/mol. The lowest BCUT2D eigenvalue weighted by atomic mass is 9.84. The first-order chi connectivity index (χ1) is 17.5. The van der Waals surface area contributed by atoms with Crippen LogP contribution in [0.25, 0.3) is 0 Å². The van der Waals surface area contributed by atoms with E-state index in [2.05, 4.69) is 5.32 Å². The summed E-state index contributed by atoms with van der Waals surface area (Å²) >= 11 is 0. The molecule has 16 heteroatoms. The molecule has 0 aromatic carbocycles. The van der Waals surface area contributed by atoms with Crippen LogP contribution in [0.15, 0.2) is 0 Å². The quantitative estimate of drug-likeness (QED) is 0.149. The van der Waals surface area contributed by atoms with Gasteiger partial charge in [-0.2, -0.15) is 0 Å². The summed E-state index contributed by atoms with van der Waals surface area (Å²) in [5, 5.41) is 64.7. The summed E-state index contributed by atoms with van der Waals surface area (Å²) in [6.07, 6.45) is -13.7. The van der Waals surface area contributed by atoms with E-state index >= 15 is 0 Å². The maximum absolute atomic E-state index is 11.1. The van der Waals surface area contributed by atoms with Gasteiger partial charge in [0.15, 0.2) is 18.9 Å². The van der Waals surface area contributed by atoms with E-state index in [1.54, 1.807) is 7.05 Å². The third-order valence-electron chi connectivity index (χ3n) is 7.74. The number of fused-ring (bicyclic) bond motifs is 1. The zero-order valence-electron chi connectivity index (χ0n) is 20.5. The smallest absolute Gasteiger partial charge is 0.189 e. The van der Waals surface area contributed by atoms with E-state index in [4.69, 9.17) is 46.6 Å². The lowest BCUT2D eigenvalue weighted by Crippen LogP contribution is -2.70. The maximum atomic E-state index is 11.1. The van der Waals surface area contributed by atoms with E-state index in [0.29, 0.717) is 0 Å². The summed E-state index contributed by atoms with van der Waals surface area (Å²) in [6, 6.07) is -4.05. The molecule has 0 amide bonds. The number of hydrogen-bond donors (Lipinski definition) is 11. The summed E-state index contributed by atoms with van der Waals surface area (Å²) < 4.78 is 29.2. The molecule has 4 rings (SSSR count). The van der Waals surface area contributed by atoms with Crippen molar-refractivity contribution in [2.75, 3.05) is 13.7 Å². The molecule has 0 radical (unpaired) electrons. The van der Waals surface area contributed by atoms with E-state index in [-0.39, 0.29) is 12.8 Å². The highest BCUT2D eigenvalue weighted by atomic mass is 16.8. The van der Waals surface area contributed by atoms with Crippen molar-refractivity contribution < 1.29 is 54.3 Å². The number of rotatable bonds is 6. The highest BCUT2D eigenvalue weighted by Gasteiger charge is 2.54. The second-order valence-electron chi connectivity index (χ2n) is 10.3. The van der Waals surface area contributed by atoms with Crippen LogP contribution in [0.1, 0.15) is 12.8 Å². The summed E-state index contributed by atoms with van der Waals surface area (Å²) in [5.74, 6) is 0. The van der Waals surface area contributed by atoms with Gasteiger partial charge < -0.3 is 82.6 Å². The molecule has 216 valence electrons. The van der Waals surface area contributed by atoms with E-state index < -0.39 is 111 Å². The van der Waals surface area contributed by atoms with Crippen LogP contribution in [0.5, 0.6) is 0 Å². The number of nitrogens with two attached hydrogens (primary N) is 4. The number of aliphatic hydroxyl groups is 6. The maximum Gasteiger partial charge on any atom is 0.189 e. The van der Waals surface area contributed by atoms with Crippen molar-refractivity contribution in [3.05, 3.63) is 0 Å². The molecule has 3 saturated heterocycles. The van der Waals surface area contributed by atoms with Crippen molar-refractivity contribution in [2.45, 2.75) is 117 Å². The number of ether oxygens (including phenoxy) is 5. The molecule has 16 nitrogen and oxygen atoms in total. The SMILES string of the molecule is CN[C@@H]1[C@@H](O[C@H]2O[C@@H](CO)[C@@H](N)[C@@H](O)[C@@H]2O)O[C@@H]2C[C@@H](N)[C@H](O[C@H]3[C@@H](O)[C@H](O)[C@H](N)C[C@H]3N)O[C@H]2[C@@H]1O. The minimum Gasteiger partial charge on any atom is -0.394 e. The van der Waals surface area contributed by atoms with Gasteiger partial charge in [-0.25, -0.2) is 0 Å². The molecule has 1 aliphatic carbocycles. The Kier molecular flexibility index (Phi) is 9.40. The summed E-state index contributed by atoms with van der Waals surface area (Å²) in [7, 11) is 1.55. The normalized spacial score (nSPS) is 55.1. The van der Waals surface area contributed by atoms with Gasteiger partial charge in [0.25, 0.3) is 0 Å². The molecule has 17 atom stereocenters. The van der Waals surface area contributed by atoms with Gasteiger partial charge in [-0.05, 0) is 19.9 Å². The first-order valence-corrected chi connectivity index (χ1v) is 12.5. The summed E-state index contributed by atoms with van der Waals surface area (Å²) in [6.45, 7) is -0.508. The fraction of sp³-hybridized carbons (Fsp3) is 1.00. The Morgan fingerprint density at radius 3 is 2.08 bits per heavy atom. The van der Waals surface area contributed by atoms with Gasteiger partial charge in [-0.15, -0.1) is 0 Å². The number of hydrogen-bond acceptors (Lipinski definition) is 16. The molecule has 37 heavy (non-hydrogen) atoms. The van der Waals surface area contributed by atoms with Crippen LogP contribution in [0.2, 0.25) is 0 Å². The molecule has 3 heterocycles. The van der Waals surface area contributed by atoms with E-state index in [1.165, 1.54) is 0 Å². The van der Waals surface area contributed by atoms with Crippen LogP contribution in [-0.2, 0) is 23.7 Å². The zero-order chi connectivity index (χ0) is 27.2. The van der Waals surface area contributed by atoms with Crippen molar-refractivity contribution >= 4 is 0 Å². The van der Waals surface area contributed by atoms with Crippen LogP contribution in [0.3, 0.4) is 0 Å². The molecule has 4 fully saturated rings. The Morgan fingerprint density at radius 1 is 0.730 bits per heavy atom. The van der Waals surface area contributed by atoms with Crippen LogP contribution in [0.4, 0.5) is 0 Å². The Balaban J connectivity index is 1.43. The highest BCUT2D eigenvalue weighted by molar-refractivity contribution is 5.01. The largest absolute Gasteiger partial charge is 0.394 e. The Hall–Kier alpha value is -0.640. The van der Waals surface area contributed by atoms with Crippen molar-refractivity contribution in [3.63, 3.8) is 0 Å². The summed E-state index contributed by atoms with van der Waals surface area (Å²) in [4.78, 5) is 0. The molecular weight excluding hydrogens is 498 g/mol. The van der Waals surface area contributed by atoms with Crippen LogP contribution in [-0.4, -0.2) is 148 Å². The lowest BCUT2D eigenvalue weighted by Gasteiger charge is -2.51. The first-order valence-electron chi connectivity index (χ1n) is 12.5. The first kappa shape index (κ1) is 29.3. The second-order valence-corrected chi connectivity index (χ2v) is 10.3. The third-order valence-corrected chi connectivity index (χ3v) is 7.74. The molecular formula is C21H41N5O11. The van der Waals surface area contributed by atoms with Crippen molar-refractivity contribution in [2.24, 2.45) is 22.9 Å². The topological polar surface area (TPSA) is 284 Å². The van der Waals surface area contributed by atoms with Gasteiger partial charge in [0, 0.05) is 12.1 Å². The van der Waals surface area contributed by atoms with Gasteiger partial charge >= 0.3 is 0 Å². The van der Waals surface area contributed by atoms with Gasteiger partial charge in [0.05, 0.1) is 36.9 Å². The number of likely N-dealkylation sites (N-methyl/N-ethyl adjacent to an activating group) is 1. The molecule has 0 aromatic heterocycles. The van der Waals surface area contributed by atoms with E-state index in [9.17, 15) is 30.6 Å². The number of nitrogens with one attached hydrogen (secondary N) is 1. The van der Waals surface area contributed by atoms with Crippen LogP contribution < -0.4 is 28.3 Å². The molecule has 4 aliphatic rings. The average Bonchev–Trinajstić information content (AvgIpc) is 2.86. The van der Waals surface area contributed by atoms with Crippen molar-refractivity contribution in [1.29, 1.82) is 0 Å². The molecule has 0 spiro atoms. The second kappa shape index (κ2) is 11.8. The van der Waals surface area contributed by atoms with Crippen LogP contribution in [0, 0.1) is 0 Å². The van der Waals surface area contributed by atoms with Gasteiger partial charge in [-0.3, -0.25) is 0 Å². The lowest BCUT2D eigenvalue weighted by molar-refractivity contribution is -0.373. The molecule has 1 saturated carbocycles. The minimum absolute atomic E-state index is 0.156. The van der Waals surface area contributed by atoms with Crippen LogP contribution >= 0.6 is 0 Å². The standard InChI is InChI=1S/C21H41N5O11/c1-26-11-14(30)18-8(33-20(11)37-21-16(32)13(29)10(25)9(4-27)34-21)3-7(24)19(36-18)35-17-6(23)2-5(22)12(28)15(17)31/h5-21,26-32H,2-4,22-25H2,1H3/t5-,6-,7-,8-,9+,10-,11+,12-,13-,14-,15+,16+,17-,18-,19-,20-,21-/m1/s1. The molecule has 3 aliphatic heterocycles. The molecule has 0 bridgehead atoms. The minimum atomic E-state index is -1.54. The Morgan fingerprint density at radius 2 is 1.43 bits per heavy atom. The molecule has 0 aromatic rings. The molecule has 15 N–H and O–H groups in total. The number of aliphatic hydroxyl groups excluding tert-OH is 6. The Labute approximate surface area is 213 Å². The van der Waals surface area contributed by atoms with Gasteiger partial charge in [0.2, 0.25) is 0 Å². The highest BCUT2D eigenvalue weighted by Crippen LogP contribution is 2.35. The Bertz CT molecular complexity index is 756. The van der Waals surface area contributed by atoms with Gasteiger partial charge in [-0.1, -0.05) is 0 Å². The average molecular weight is 540 g/mol. The third kappa shape index (κ3) is 5.66. The predicted molar refractivity (Wildman–Crippen MR) is 123 cm³/mol. The molecule has 0 unspecified atom stereocenters. The predicted octanol–water partition coefficient (Wildman–Crippen LogP) is -6.95. The fourth-order valence-corrected chi connectivity index (χ4v) is 5.46. The summed E-state index contributed by atoms with van der Waals surface area (Å²) in [5.41, 5.74) is 24.0. The van der Waals surface area contributed by atoms with Crippen molar-refractivity contribution in [3.8, 4) is 0 Å². The van der Waals surface area contributed by atoms with E-state index in [1.807, 2.05) is 0 Å². The van der Waals surface area contributed by atoms with E-state index in [0.717, 1.165) is 0 Å². The van der Waals surface area contributed by atoms with Crippen molar-refractivity contribution in [1.82, 2.24) is 5.32 Å². The fourth-order valence-electron chi connectivity index (χ4n) is 5.46.